The van der Waals surface area contributed by atoms with Gasteiger partial charge in [0.2, 0.25) is 0 Å². The van der Waals surface area contributed by atoms with Crippen molar-refractivity contribution in [2.75, 3.05) is 19.4 Å². The zero-order valence-corrected chi connectivity index (χ0v) is 17.8. The van der Waals surface area contributed by atoms with Gasteiger partial charge in [0, 0.05) is 41.4 Å². The van der Waals surface area contributed by atoms with Crippen LogP contribution in [0.1, 0.15) is 57.9 Å². The fourth-order valence-electron chi connectivity index (χ4n) is 3.40. The summed E-state index contributed by atoms with van der Waals surface area (Å²) in [5.41, 5.74) is 1.17. The number of aliphatic imine (C=N–C) groups is 1. The van der Waals surface area contributed by atoms with Crippen molar-refractivity contribution in [1.82, 2.24) is 10.6 Å². The van der Waals surface area contributed by atoms with Crippen LogP contribution in [0, 0.1) is 0 Å². The van der Waals surface area contributed by atoms with E-state index in [1.807, 2.05) is 19.1 Å². The number of nitrogens with one attached hydrogen (secondary N) is 2. The molecule has 1 aliphatic carbocycles. The van der Waals surface area contributed by atoms with E-state index in [1.54, 1.807) is 7.05 Å². The predicted molar refractivity (Wildman–Crippen MR) is 115 cm³/mol. The van der Waals surface area contributed by atoms with Crippen LogP contribution in [0.25, 0.3) is 0 Å². The molecule has 0 bridgehead atoms. The molecule has 3 atom stereocenters. The lowest BCUT2D eigenvalue weighted by atomic mass is 9.95. The third-order valence-corrected chi connectivity index (χ3v) is 6.71. The van der Waals surface area contributed by atoms with E-state index in [4.69, 9.17) is 4.74 Å². The van der Waals surface area contributed by atoms with E-state index in [2.05, 4.69) is 34.7 Å². The number of guanidine groups is 1. The molecule has 2 N–H and O–H groups in total. The average Bonchev–Trinajstić information content (AvgIpc) is 2.71. The maximum absolute atomic E-state index is 12.1. The average molecular weight is 394 g/mol. The Morgan fingerprint density at radius 2 is 2.19 bits per heavy atom. The van der Waals surface area contributed by atoms with Crippen molar-refractivity contribution in [2.24, 2.45) is 4.99 Å². The van der Waals surface area contributed by atoms with E-state index in [0.29, 0.717) is 17.8 Å². The number of benzene rings is 1. The summed E-state index contributed by atoms with van der Waals surface area (Å²) in [5.74, 6) is 2.48. The molecule has 0 heterocycles. The van der Waals surface area contributed by atoms with E-state index in [9.17, 15) is 4.21 Å². The topological polar surface area (TPSA) is 62.7 Å². The number of unbranched alkanes of at least 4 members (excludes halogenated alkanes) is 1. The molecule has 1 fully saturated rings. The van der Waals surface area contributed by atoms with Crippen molar-refractivity contribution < 1.29 is 8.95 Å². The molecule has 1 aromatic rings. The molecule has 0 amide bonds. The molecule has 0 spiro atoms. The molecule has 1 aromatic carbocycles. The van der Waals surface area contributed by atoms with E-state index >= 15 is 0 Å². The molecule has 1 aliphatic rings. The van der Waals surface area contributed by atoms with Crippen LogP contribution in [0.4, 0.5) is 0 Å². The highest BCUT2D eigenvalue weighted by atomic mass is 32.2. The fourth-order valence-corrected chi connectivity index (χ4v) is 4.75. The zero-order chi connectivity index (χ0) is 19.5. The minimum atomic E-state index is -0.705. The van der Waals surface area contributed by atoms with Crippen molar-refractivity contribution in [1.29, 1.82) is 0 Å². The summed E-state index contributed by atoms with van der Waals surface area (Å²) in [6, 6.07) is 8.54. The van der Waals surface area contributed by atoms with Gasteiger partial charge in [0.15, 0.2) is 5.96 Å². The highest BCUT2D eigenvalue weighted by Crippen LogP contribution is 2.23. The van der Waals surface area contributed by atoms with Gasteiger partial charge in [-0.05, 0) is 43.4 Å². The highest BCUT2D eigenvalue weighted by molar-refractivity contribution is 7.85. The van der Waals surface area contributed by atoms with Gasteiger partial charge in [-0.25, -0.2) is 0 Å². The summed E-state index contributed by atoms with van der Waals surface area (Å²) < 4.78 is 17.9. The summed E-state index contributed by atoms with van der Waals surface area (Å²) in [4.78, 5) is 4.36. The van der Waals surface area contributed by atoms with Crippen LogP contribution >= 0.6 is 0 Å². The first-order valence-corrected chi connectivity index (χ1v) is 11.6. The van der Waals surface area contributed by atoms with Gasteiger partial charge in [-0.15, -0.1) is 0 Å². The molecule has 3 unspecified atom stereocenters. The lowest BCUT2D eigenvalue weighted by Crippen LogP contribution is -2.46. The molecular weight excluding hydrogens is 358 g/mol. The third-order valence-electron chi connectivity index (χ3n) is 4.97. The van der Waals surface area contributed by atoms with Crippen molar-refractivity contribution in [2.45, 2.75) is 70.2 Å². The number of ether oxygens (including phenoxy) is 1. The Bertz CT molecular complexity index is 621. The molecular formula is C21H35N3O2S. The predicted octanol–water partition coefficient (Wildman–Crippen LogP) is 3.61. The van der Waals surface area contributed by atoms with Crippen LogP contribution in [0.2, 0.25) is 0 Å². The van der Waals surface area contributed by atoms with Crippen LogP contribution in [-0.4, -0.2) is 40.9 Å². The number of hydrogen-bond acceptors (Lipinski definition) is 3. The largest absolute Gasteiger partial charge is 0.494 e. The Hall–Kier alpha value is -1.56. The SMILES string of the molecule is CCCCOc1cccc(CNC(=NC)NC2CCCC(S(=O)CC)C2)c1. The van der Waals surface area contributed by atoms with Crippen molar-refractivity contribution >= 4 is 16.8 Å². The van der Waals surface area contributed by atoms with Gasteiger partial charge in [0.25, 0.3) is 0 Å². The highest BCUT2D eigenvalue weighted by Gasteiger charge is 2.25. The molecule has 5 nitrogen and oxygen atoms in total. The van der Waals surface area contributed by atoms with Crippen molar-refractivity contribution in [3.63, 3.8) is 0 Å². The van der Waals surface area contributed by atoms with E-state index < -0.39 is 10.8 Å². The summed E-state index contributed by atoms with van der Waals surface area (Å²) in [5, 5.41) is 7.22. The second-order valence-electron chi connectivity index (χ2n) is 7.07. The Labute approximate surface area is 166 Å². The number of rotatable bonds is 9. The summed E-state index contributed by atoms with van der Waals surface area (Å²) in [6.07, 6.45) is 6.49. The zero-order valence-electron chi connectivity index (χ0n) is 17.0. The monoisotopic (exact) mass is 393 g/mol. The second-order valence-corrected chi connectivity index (χ2v) is 9.08. The molecule has 0 radical (unpaired) electrons. The first-order chi connectivity index (χ1) is 13.2. The van der Waals surface area contributed by atoms with Gasteiger partial charge in [-0.3, -0.25) is 9.20 Å². The molecule has 0 saturated heterocycles. The lowest BCUT2D eigenvalue weighted by molar-refractivity contribution is 0.309. The van der Waals surface area contributed by atoms with Gasteiger partial charge in [0.05, 0.1) is 6.61 Å². The molecule has 1 saturated carbocycles. The maximum atomic E-state index is 12.1. The van der Waals surface area contributed by atoms with E-state index in [-0.39, 0.29) is 0 Å². The van der Waals surface area contributed by atoms with Gasteiger partial charge < -0.3 is 15.4 Å². The fraction of sp³-hybridized carbons (Fsp3) is 0.667. The molecule has 2 rings (SSSR count). The normalized spacial score (nSPS) is 21.5. The van der Waals surface area contributed by atoms with E-state index in [1.165, 1.54) is 5.56 Å². The van der Waals surface area contributed by atoms with Gasteiger partial charge >= 0.3 is 0 Å². The summed E-state index contributed by atoms with van der Waals surface area (Å²) in [7, 11) is 1.09. The lowest BCUT2D eigenvalue weighted by Gasteiger charge is -2.30. The van der Waals surface area contributed by atoms with Crippen LogP contribution < -0.4 is 15.4 Å². The molecule has 152 valence electrons. The quantitative estimate of drug-likeness (QED) is 0.382. The molecule has 27 heavy (non-hydrogen) atoms. The van der Waals surface area contributed by atoms with Crippen LogP contribution in [0.5, 0.6) is 5.75 Å². The Kier molecular flexibility index (Phi) is 9.67. The summed E-state index contributed by atoms with van der Waals surface area (Å²) >= 11 is 0. The Morgan fingerprint density at radius 1 is 1.33 bits per heavy atom. The van der Waals surface area contributed by atoms with Gasteiger partial charge in [0.1, 0.15) is 5.75 Å². The van der Waals surface area contributed by atoms with Crippen LogP contribution in [0.15, 0.2) is 29.3 Å². The first-order valence-electron chi connectivity index (χ1n) is 10.2. The molecule has 0 aromatic heterocycles. The minimum absolute atomic E-state index is 0.316. The molecule has 0 aliphatic heterocycles. The van der Waals surface area contributed by atoms with Crippen molar-refractivity contribution in [3.8, 4) is 5.75 Å². The Morgan fingerprint density at radius 3 is 2.93 bits per heavy atom. The minimum Gasteiger partial charge on any atom is -0.494 e. The third kappa shape index (κ3) is 7.53. The summed E-state index contributed by atoms with van der Waals surface area (Å²) in [6.45, 7) is 5.63. The molecule has 6 heteroatoms. The second kappa shape index (κ2) is 12.0. The van der Waals surface area contributed by atoms with Gasteiger partial charge in [-0.1, -0.05) is 38.8 Å². The Balaban J connectivity index is 1.83. The van der Waals surface area contributed by atoms with Crippen LogP contribution in [-0.2, 0) is 17.3 Å². The first kappa shape index (κ1) is 21.7. The van der Waals surface area contributed by atoms with Crippen LogP contribution in [0.3, 0.4) is 0 Å². The number of nitrogens with zero attached hydrogens (tertiary/aromatic N) is 1. The van der Waals surface area contributed by atoms with E-state index in [0.717, 1.165) is 62.6 Å². The number of hydrogen-bond donors (Lipinski definition) is 2. The smallest absolute Gasteiger partial charge is 0.191 e. The van der Waals surface area contributed by atoms with Gasteiger partial charge in [-0.2, -0.15) is 0 Å². The maximum Gasteiger partial charge on any atom is 0.191 e. The van der Waals surface area contributed by atoms with Crippen molar-refractivity contribution in [3.05, 3.63) is 29.8 Å². The standard InChI is InChI=1S/C21H35N3O2S/c1-4-6-13-26-19-11-7-9-17(14-19)16-23-21(22-3)24-18-10-8-12-20(15-18)27(25)5-2/h7,9,11,14,18,20H,4-6,8,10,12-13,15-16H2,1-3H3,(H2,22,23,24).